The predicted octanol–water partition coefficient (Wildman–Crippen LogP) is 6.07. The summed E-state index contributed by atoms with van der Waals surface area (Å²) in [4.78, 5) is 4.58. The zero-order chi connectivity index (χ0) is 18.3. The fourth-order valence-electron chi connectivity index (χ4n) is 2.88. The van der Waals surface area contributed by atoms with Crippen molar-refractivity contribution in [3.05, 3.63) is 64.0 Å². The molecule has 0 aliphatic carbocycles. The Bertz CT molecular complexity index is 1090. The summed E-state index contributed by atoms with van der Waals surface area (Å²) in [6.07, 6.45) is 3.65. The van der Waals surface area contributed by atoms with Gasteiger partial charge in [0.15, 0.2) is 11.5 Å². The van der Waals surface area contributed by atoms with E-state index in [-0.39, 0.29) is 0 Å². The van der Waals surface area contributed by atoms with Gasteiger partial charge in [0.25, 0.3) is 0 Å². The van der Waals surface area contributed by atoms with Crippen LogP contribution in [0.4, 0.5) is 11.6 Å². The number of nitrogens with one attached hydrogen (secondary N) is 1. The summed E-state index contributed by atoms with van der Waals surface area (Å²) < 4.78 is 13.7. The lowest BCUT2D eigenvalue weighted by molar-refractivity contribution is 0.415. The number of hydrogen-bond acceptors (Lipinski definition) is 4. The number of fused-ring (bicyclic) bond motifs is 1. The van der Waals surface area contributed by atoms with Gasteiger partial charge >= 0.3 is 0 Å². The first-order chi connectivity index (χ1) is 12.5. The highest BCUT2D eigenvalue weighted by Crippen LogP contribution is 2.33. The number of furan rings is 1. The predicted molar refractivity (Wildman–Crippen MR) is 107 cm³/mol. The molecule has 4 aromatic rings. The van der Waals surface area contributed by atoms with Crippen LogP contribution in [0.25, 0.3) is 16.9 Å². The lowest BCUT2D eigenvalue weighted by atomic mass is 10.2. The molecule has 5 nitrogen and oxygen atoms in total. The van der Waals surface area contributed by atoms with Crippen LogP contribution < -0.4 is 10.1 Å². The summed E-state index contributed by atoms with van der Waals surface area (Å²) >= 11 is 9.79. The van der Waals surface area contributed by atoms with Crippen molar-refractivity contribution in [2.45, 2.75) is 6.92 Å². The number of ether oxygens (including phenoxy) is 1. The van der Waals surface area contributed by atoms with E-state index in [1.54, 1.807) is 13.4 Å². The molecule has 0 saturated heterocycles. The van der Waals surface area contributed by atoms with Gasteiger partial charge in [-0.05, 0) is 53.2 Å². The number of imidazole rings is 1. The Morgan fingerprint density at radius 1 is 1.23 bits per heavy atom. The van der Waals surface area contributed by atoms with Gasteiger partial charge in [0.05, 0.1) is 23.5 Å². The molecule has 0 bridgehead atoms. The minimum atomic E-state index is 0.591. The maximum atomic E-state index is 6.31. The number of rotatable bonds is 4. The fourth-order valence-corrected chi connectivity index (χ4v) is 3.69. The molecular weight excluding hydrogens is 418 g/mol. The Morgan fingerprint density at radius 2 is 2.00 bits per heavy atom. The monoisotopic (exact) mass is 431 g/mol. The Kier molecular flexibility index (Phi) is 4.38. The van der Waals surface area contributed by atoms with Crippen LogP contribution in [-0.4, -0.2) is 16.5 Å². The number of benzene rings is 1. The highest BCUT2D eigenvalue weighted by Gasteiger charge is 2.16. The van der Waals surface area contributed by atoms with Crippen LogP contribution in [0.1, 0.15) is 5.69 Å². The molecule has 0 unspecified atom stereocenters. The van der Waals surface area contributed by atoms with E-state index in [1.165, 1.54) is 0 Å². The lowest BCUT2D eigenvalue weighted by Gasteiger charge is -2.04. The van der Waals surface area contributed by atoms with Crippen molar-refractivity contribution in [1.29, 1.82) is 0 Å². The molecule has 0 atom stereocenters. The summed E-state index contributed by atoms with van der Waals surface area (Å²) in [6.45, 7) is 1.95. The number of aryl methyl sites for hydroxylation is 1. The molecule has 3 heterocycles. The summed E-state index contributed by atoms with van der Waals surface area (Å²) in [7, 11) is 1.64. The third-order valence-corrected chi connectivity index (χ3v) is 4.76. The third-order valence-electron chi connectivity index (χ3n) is 4.05. The molecule has 0 radical (unpaired) electrons. The van der Waals surface area contributed by atoms with Crippen molar-refractivity contribution in [2.24, 2.45) is 0 Å². The van der Waals surface area contributed by atoms with E-state index in [9.17, 15) is 0 Å². The van der Waals surface area contributed by atoms with E-state index >= 15 is 0 Å². The smallest absolute Gasteiger partial charge is 0.197 e. The second-order valence-electron chi connectivity index (χ2n) is 5.80. The van der Waals surface area contributed by atoms with Crippen molar-refractivity contribution < 1.29 is 9.15 Å². The zero-order valence-corrected chi connectivity index (χ0v) is 16.4. The quantitative estimate of drug-likeness (QED) is 0.425. The third kappa shape index (κ3) is 3.06. The van der Waals surface area contributed by atoms with E-state index < -0.39 is 0 Å². The topological polar surface area (TPSA) is 51.7 Å². The first kappa shape index (κ1) is 17.0. The van der Waals surface area contributed by atoms with Gasteiger partial charge in [-0.3, -0.25) is 4.40 Å². The average molecular weight is 433 g/mol. The molecule has 0 spiro atoms. The van der Waals surface area contributed by atoms with Crippen LogP contribution in [0.2, 0.25) is 5.02 Å². The maximum absolute atomic E-state index is 6.31. The average Bonchev–Trinajstić information content (AvgIpc) is 3.19. The molecule has 1 N–H and O–H groups in total. The highest BCUT2D eigenvalue weighted by molar-refractivity contribution is 9.10. The molecule has 0 saturated carbocycles. The molecule has 26 heavy (non-hydrogen) atoms. The summed E-state index contributed by atoms with van der Waals surface area (Å²) in [5.74, 6) is 1.44. The molecule has 4 rings (SSSR count). The largest absolute Gasteiger partial charge is 0.497 e. The minimum absolute atomic E-state index is 0.591. The molecule has 132 valence electrons. The van der Waals surface area contributed by atoms with Gasteiger partial charge < -0.3 is 14.5 Å². The van der Waals surface area contributed by atoms with Crippen LogP contribution in [-0.2, 0) is 0 Å². The first-order valence-corrected chi connectivity index (χ1v) is 9.06. The van der Waals surface area contributed by atoms with Gasteiger partial charge in [-0.2, -0.15) is 0 Å². The second kappa shape index (κ2) is 6.70. The van der Waals surface area contributed by atoms with Crippen LogP contribution >= 0.6 is 27.5 Å². The van der Waals surface area contributed by atoms with Crippen molar-refractivity contribution in [3.8, 4) is 17.0 Å². The van der Waals surface area contributed by atoms with Crippen LogP contribution in [0.5, 0.6) is 5.75 Å². The SMILES string of the molecule is COc1ccc(Nc2cc(-c3c(C)nc4c(Cl)cc(Br)cn34)co2)cc1. The number of pyridine rings is 1. The van der Waals surface area contributed by atoms with Crippen molar-refractivity contribution in [3.63, 3.8) is 0 Å². The van der Waals surface area contributed by atoms with Gasteiger partial charge in [0.1, 0.15) is 12.0 Å². The molecule has 0 aliphatic heterocycles. The molecular formula is C19H15BrClN3O2. The molecule has 0 aliphatic rings. The van der Waals surface area contributed by atoms with Crippen LogP contribution in [0, 0.1) is 6.92 Å². The first-order valence-electron chi connectivity index (χ1n) is 7.89. The maximum Gasteiger partial charge on any atom is 0.197 e. The Labute approximate surface area is 163 Å². The van der Waals surface area contributed by atoms with E-state index in [2.05, 4.69) is 26.2 Å². The molecule has 7 heteroatoms. The fraction of sp³-hybridized carbons (Fsp3) is 0.105. The van der Waals surface area contributed by atoms with E-state index in [0.29, 0.717) is 16.6 Å². The second-order valence-corrected chi connectivity index (χ2v) is 7.12. The van der Waals surface area contributed by atoms with Crippen LogP contribution in [0.15, 0.2) is 57.7 Å². The number of hydrogen-bond donors (Lipinski definition) is 1. The van der Waals surface area contributed by atoms with E-state index in [0.717, 1.165) is 32.9 Å². The number of methoxy groups -OCH3 is 1. The standard InChI is InChI=1S/C19H15BrClN3O2/c1-11-18(24-9-13(20)8-16(21)19(24)22-11)12-7-17(26-10-12)23-14-3-5-15(25-2)6-4-14/h3-10,23H,1-2H3. The van der Waals surface area contributed by atoms with Gasteiger partial charge in [0.2, 0.25) is 0 Å². The van der Waals surface area contributed by atoms with Gasteiger partial charge in [0, 0.05) is 28.0 Å². The molecule has 0 amide bonds. The van der Waals surface area contributed by atoms with Gasteiger partial charge in [-0.15, -0.1) is 0 Å². The van der Waals surface area contributed by atoms with Crippen molar-refractivity contribution in [1.82, 2.24) is 9.38 Å². The van der Waals surface area contributed by atoms with Gasteiger partial charge in [-0.1, -0.05) is 11.6 Å². The van der Waals surface area contributed by atoms with Crippen LogP contribution in [0.3, 0.4) is 0 Å². The Balaban J connectivity index is 1.69. The van der Waals surface area contributed by atoms with Crippen molar-refractivity contribution >= 4 is 44.7 Å². The normalized spacial score (nSPS) is 11.1. The number of anilines is 2. The number of halogens is 2. The van der Waals surface area contributed by atoms with E-state index in [4.69, 9.17) is 20.8 Å². The minimum Gasteiger partial charge on any atom is -0.497 e. The Morgan fingerprint density at radius 3 is 2.73 bits per heavy atom. The molecule has 3 aromatic heterocycles. The number of nitrogens with zero attached hydrogens (tertiary/aromatic N) is 2. The van der Waals surface area contributed by atoms with E-state index in [1.807, 2.05) is 53.9 Å². The Hall–Kier alpha value is -2.44. The summed E-state index contributed by atoms with van der Waals surface area (Å²) in [5.41, 5.74) is 4.36. The number of aromatic nitrogens is 2. The summed E-state index contributed by atoms with van der Waals surface area (Å²) in [6, 6.07) is 11.4. The lowest BCUT2D eigenvalue weighted by Crippen LogP contribution is -1.90. The zero-order valence-electron chi connectivity index (χ0n) is 14.1. The molecule has 1 aromatic carbocycles. The molecule has 0 fully saturated rings. The van der Waals surface area contributed by atoms with Crippen molar-refractivity contribution in [2.75, 3.05) is 12.4 Å². The highest BCUT2D eigenvalue weighted by atomic mass is 79.9. The summed E-state index contributed by atoms with van der Waals surface area (Å²) in [5, 5.41) is 3.83. The van der Waals surface area contributed by atoms with Gasteiger partial charge in [-0.25, -0.2) is 4.98 Å².